The second kappa shape index (κ2) is 7.68. The molecule has 0 saturated heterocycles. The van der Waals surface area contributed by atoms with E-state index in [0.29, 0.717) is 30.3 Å². The summed E-state index contributed by atoms with van der Waals surface area (Å²) in [4.78, 5) is 23.0. The molecule has 0 fully saturated rings. The molecule has 2 heterocycles. The first kappa shape index (κ1) is 17.6. The Morgan fingerprint density at radius 1 is 1.33 bits per heavy atom. The molecule has 24 heavy (non-hydrogen) atoms. The molecule has 1 aliphatic heterocycles. The Hall–Kier alpha value is -2.76. The third-order valence-corrected chi connectivity index (χ3v) is 3.41. The average molecular weight is 331 g/mol. The van der Waals surface area contributed by atoms with Crippen LogP contribution in [-0.4, -0.2) is 29.4 Å². The number of fused-ring (bicyclic) bond motifs is 3. The van der Waals surface area contributed by atoms with Gasteiger partial charge in [0.1, 0.15) is 23.7 Å². The molecule has 6 heteroatoms. The number of aromatic nitrogens is 1. The number of carboxylic acid groups (broad SMARTS) is 1. The van der Waals surface area contributed by atoms with Crippen LogP contribution in [0.2, 0.25) is 0 Å². The van der Waals surface area contributed by atoms with Crippen LogP contribution in [0.4, 0.5) is 0 Å². The van der Waals surface area contributed by atoms with E-state index in [-0.39, 0.29) is 5.56 Å². The van der Waals surface area contributed by atoms with Crippen LogP contribution in [0.15, 0.2) is 35.3 Å². The lowest BCUT2D eigenvalue weighted by Crippen LogP contribution is -2.19. The molecular weight excluding hydrogens is 310 g/mol. The van der Waals surface area contributed by atoms with E-state index in [4.69, 9.17) is 14.6 Å². The summed E-state index contributed by atoms with van der Waals surface area (Å²) in [7, 11) is 1.57. The van der Waals surface area contributed by atoms with Crippen LogP contribution in [0.25, 0.3) is 11.3 Å². The van der Waals surface area contributed by atoms with Crippen LogP contribution in [0, 0.1) is 0 Å². The van der Waals surface area contributed by atoms with Crippen LogP contribution in [0.5, 0.6) is 11.5 Å². The second-order valence-electron chi connectivity index (χ2n) is 5.35. The SMILES string of the molecule is CCC.COc1ccc2c(c1)OCCn1cc(C(=O)O)c(=O)cc1-2. The first-order valence-electron chi connectivity index (χ1n) is 7.80. The summed E-state index contributed by atoms with van der Waals surface area (Å²) < 4.78 is 12.5. The molecule has 0 atom stereocenters. The highest BCUT2D eigenvalue weighted by molar-refractivity contribution is 5.87. The molecule has 0 unspecified atom stereocenters. The highest BCUT2D eigenvalue weighted by Gasteiger charge is 2.19. The number of methoxy groups -OCH3 is 1. The van der Waals surface area contributed by atoms with Gasteiger partial charge in [-0.25, -0.2) is 4.79 Å². The van der Waals surface area contributed by atoms with Gasteiger partial charge < -0.3 is 19.1 Å². The number of hydrogen-bond acceptors (Lipinski definition) is 4. The number of pyridine rings is 1. The summed E-state index contributed by atoms with van der Waals surface area (Å²) in [6.07, 6.45) is 2.61. The summed E-state index contributed by atoms with van der Waals surface area (Å²) in [6.45, 7) is 5.10. The van der Waals surface area contributed by atoms with Gasteiger partial charge in [0.05, 0.1) is 19.3 Å². The fraction of sp³-hybridized carbons (Fsp3) is 0.333. The van der Waals surface area contributed by atoms with Gasteiger partial charge in [0.25, 0.3) is 0 Å². The summed E-state index contributed by atoms with van der Waals surface area (Å²) in [5.74, 6) is 0.0465. The van der Waals surface area contributed by atoms with Crippen LogP contribution in [0.3, 0.4) is 0 Å². The molecule has 0 radical (unpaired) electrons. The monoisotopic (exact) mass is 331 g/mol. The minimum absolute atomic E-state index is 0.240. The van der Waals surface area contributed by atoms with E-state index in [0.717, 1.165) is 5.56 Å². The number of benzene rings is 1. The number of aromatic carboxylic acids is 1. The Kier molecular flexibility index (Phi) is 5.63. The fourth-order valence-corrected chi connectivity index (χ4v) is 2.37. The van der Waals surface area contributed by atoms with Gasteiger partial charge in [0.2, 0.25) is 0 Å². The lowest BCUT2D eigenvalue weighted by Gasteiger charge is -2.11. The van der Waals surface area contributed by atoms with Crippen molar-refractivity contribution < 1.29 is 19.4 Å². The predicted octanol–water partition coefficient (Wildman–Crippen LogP) is 3.03. The lowest BCUT2D eigenvalue weighted by molar-refractivity contribution is 0.0694. The zero-order valence-electron chi connectivity index (χ0n) is 14.0. The van der Waals surface area contributed by atoms with Crippen molar-refractivity contribution in [3.8, 4) is 22.8 Å². The summed E-state index contributed by atoms with van der Waals surface area (Å²) >= 11 is 0. The average Bonchev–Trinajstić information content (AvgIpc) is 2.73. The Balaban J connectivity index is 0.000000647. The van der Waals surface area contributed by atoms with Crippen LogP contribution in [-0.2, 0) is 6.54 Å². The number of ether oxygens (including phenoxy) is 2. The maximum Gasteiger partial charge on any atom is 0.341 e. The molecule has 0 amide bonds. The van der Waals surface area contributed by atoms with Gasteiger partial charge in [-0.1, -0.05) is 20.3 Å². The molecule has 3 rings (SSSR count). The van der Waals surface area contributed by atoms with Crippen molar-refractivity contribution in [2.45, 2.75) is 26.8 Å². The van der Waals surface area contributed by atoms with E-state index in [1.54, 1.807) is 29.9 Å². The highest BCUT2D eigenvalue weighted by atomic mass is 16.5. The Morgan fingerprint density at radius 3 is 2.67 bits per heavy atom. The summed E-state index contributed by atoms with van der Waals surface area (Å²) in [5, 5.41) is 9.04. The second-order valence-corrected chi connectivity index (χ2v) is 5.35. The maximum atomic E-state index is 11.9. The highest BCUT2D eigenvalue weighted by Crippen LogP contribution is 2.34. The molecule has 1 aromatic carbocycles. The van der Waals surface area contributed by atoms with Gasteiger partial charge >= 0.3 is 5.97 Å². The first-order valence-corrected chi connectivity index (χ1v) is 7.80. The summed E-state index contributed by atoms with van der Waals surface area (Å²) in [6, 6.07) is 6.66. The first-order chi connectivity index (χ1) is 11.5. The molecule has 0 saturated carbocycles. The van der Waals surface area contributed by atoms with E-state index in [1.807, 2.05) is 0 Å². The minimum Gasteiger partial charge on any atom is -0.497 e. The topological polar surface area (TPSA) is 77.8 Å². The minimum atomic E-state index is -1.23. The normalized spacial score (nSPS) is 11.8. The van der Waals surface area contributed by atoms with E-state index in [9.17, 15) is 9.59 Å². The van der Waals surface area contributed by atoms with Gasteiger partial charge in [0.15, 0.2) is 5.43 Å². The van der Waals surface area contributed by atoms with E-state index < -0.39 is 11.4 Å². The Morgan fingerprint density at radius 2 is 2.04 bits per heavy atom. The predicted molar refractivity (Wildman–Crippen MR) is 91.1 cm³/mol. The van der Waals surface area contributed by atoms with Crippen molar-refractivity contribution in [3.05, 3.63) is 46.2 Å². The fourth-order valence-electron chi connectivity index (χ4n) is 2.37. The van der Waals surface area contributed by atoms with Gasteiger partial charge in [-0.15, -0.1) is 0 Å². The van der Waals surface area contributed by atoms with Gasteiger partial charge in [-0.3, -0.25) is 4.79 Å². The van der Waals surface area contributed by atoms with Gasteiger partial charge in [0, 0.05) is 23.9 Å². The maximum absolute atomic E-state index is 11.9. The molecular formula is C18H21NO5. The van der Waals surface area contributed by atoms with Crippen molar-refractivity contribution in [2.24, 2.45) is 0 Å². The quantitative estimate of drug-likeness (QED) is 0.915. The van der Waals surface area contributed by atoms with Gasteiger partial charge in [-0.2, -0.15) is 0 Å². The number of nitrogens with zero attached hydrogens (tertiary/aromatic N) is 1. The zero-order valence-corrected chi connectivity index (χ0v) is 14.0. The third kappa shape index (κ3) is 3.59. The number of carboxylic acids is 1. The molecule has 0 bridgehead atoms. The van der Waals surface area contributed by atoms with Crippen molar-refractivity contribution >= 4 is 5.97 Å². The Bertz CT molecular complexity index is 794. The Labute approximate surface area is 140 Å². The molecule has 128 valence electrons. The van der Waals surface area contributed by atoms with E-state index in [2.05, 4.69) is 13.8 Å². The summed E-state index contributed by atoms with van der Waals surface area (Å²) in [5.41, 5.74) is 0.621. The third-order valence-electron chi connectivity index (χ3n) is 3.41. The van der Waals surface area contributed by atoms with Gasteiger partial charge in [-0.05, 0) is 12.1 Å². The smallest absolute Gasteiger partial charge is 0.341 e. The van der Waals surface area contributed by atoms with E-state index >= 15 is 0 Å². The molecule has 2 aromatic rings. The molecule has 1 N–H and O–H groups in total. The molecule has 0 spiro atoms. The molecule has 0 aliphatic carbocycles. The standard InChI is InChI=1S/C15H13NO5.C3H8/c1-20-9-2-3-10-12-7-13(17)11(15(18)19)8-16(12)4-5-21-14(10)6-9;1-3-2/h2-3,6-8H,4-5H2,1H3,(H,18,19);3H2,1-2H3. The molecule has 1 aromatic heterocycles. The molecule has 6 nitrogen and oxygen atoms in total. The van der Waals surface area contributed by atoms with Crippen LogP contribution < -0.4 is 14.9 Å². The number of carbonyl (C=O) groups is 1. The number of rotatable bonds is 2. The number of hydrogen-bond donors (Lipinski definition) is 1. The van der Waals surface area contributed by atoms with Crippen LogP contribution >= 0.6 is 0 Å². The van der Waals surface area contributed by atoms with Crippen molar-refractivity contribution in [1.82, 2.24) is 4.57 Å². The van der Waals surface area contributed by atoms with Crippen molar-refractivity contribution in [3.63, 3.8) is 0 Å². The van der Waals surface area contributed by atoms with Crippen molar-refractivity contribution in [1.29, 1.82) is 0 Å². The zero-order chi connectivity index (χ0) is 17.7. The van der Waals surface area contributed by atoms with E-state index in [1.165, 1.54) is 18.7 Å². The van der Waals surface area contributed by atoms with Crippen molar-refractivity contribution in [2.75, 3.05) is 13.7 Å². The van der Waals surface area contributed by atoms with Crippen LogP contribution in [0.1, 0.15) is 30.6 Å². The molecule has 1 aliphatic rings. The largest absolute Gasteiger partial charge is 0.497 e. The lowest BCUT2D eigenvalue weighted by atomic mass is 10.1.